The quantitative estimate of drug-likeness (QED) is 0.318. The van der Waals surface area contributed by atoms with Crippen LogP contribution in [0, 0.1) is 5.92 Å². The first-order chi connectivity index (χ1) is 18.2. The molecule has 38 heavy (non-hydrogen) atoms. The zero-order chi connectivity index (χ0) is 27.1. The highest BCUT2D eigenvalue weighted by Gasteiger charge is 2.32. The lowest BCUT2D eigenvalue weighted by molar-refractivity contribution is -0.126. The van der Waals surface area contributed by atoms with Gasteiger partial charge in [0.15, 0.2) is 0 Å². The summed E-state index contributed by atoms with van der Waals surface area (Å²) < 4.78 is 27.0. The fourth-order valence-electron chi connectivity index (χ4n) is 4.18. The summed E-state index contributed by atoms with van der Waals surface area (Å²) in [6, 6.07) is 22.6. The van der Waals surface area contributed by atoms with E-state index in [4.69, 9.17) is 11.6 Å². The first kappa shape index (κ1) is 27.5. The largest absolute Gasteiger partial charge is 0.326 e. The molecule has 0 unspecified atom stereocenters. The highest BCUT2D eigenvalue weighted by Crippen LogP contribution is 2.24. The Morgan fingerprint density at radius 2 is 1.58 bits per heavy atom. The summed E-state index contributed by atoms with van der Waals surface area (Å²) in [5, 5.41) is 7.71. The third-order valence-electron chi connectivity index (χ3n) is 6.40. The smallest absolute Gasteiger partial charge is 0.243 e. The molecule has 3 aromatic rings. The van der Waals surface area contributed by atoms with Crippen molar-refractivity contribution < 1.29 is 18.0 Å². The number of benzene rings is 3. The zero-order valence-electron chi connectivity index (χ0n) is 20.9. The van der Waals surface area contributed by atoms with Crippen LogP contribution in [-0.4, -0.2) is 43.3 Å². The number of halogens is 1. The summed E-state index contributed by atoms with van der Waals surface area (Å²) in [6.07, 6.45) is 1.09. The number of carbonyl (C=O) groups excluding carboxylic acids is 2. The summed E-state index contributed by atoms with van der Waals surface area (Å²) in [6.45, 7) is 2.34. The molecular formula is C28H29ClN4O4S. The van der Waals surface area contributed by atoms with Gasteiger partial charge in [-0.2, -0.15) is 9.41 Å². The van der Waals surface area contributed by atoms with E-state index in [1.807, 2.05) is 24.3 Å². The van der Waals surface area contributed by atoms with Crippen molar-refractivity contribution in [2.45, 2.75) is 31.1 Å². The molecule has 2 N–H and O–H groups in total. The van der Waals surface area contributed by atoms with Gasteiger partial charge in [0.25, 0.3) is 0 Å². The van der Waals surface area contributed by atoms with Gasteiger partial charge in [-0.05, 0) is 67.3 Å². The average molecular weight is 553 g/mol. The van der Waals surface area contributed by atoms with Gasteiger partial charge in [-0.3, -0.25) is 9.59 Å². The van der Waals surface area contributed by atoms with Gasteiger partial charge in [-0.25, -0.2) is 13.8 Å². The van der Waals surface area contributed by atoms with Crippen molar-refractivity contribution in [3.63, 3.8) is 0 Å². The minimum Gasteiger partial charge on any atom is -0.326 e. The second-order valence-electron chi connectivity index (χ2n) is 9.09. The molecule has 4 rings (SSSR count). The van der Waals surface area contributed by atoms with Crippen molar-refractivity contribution in [3.05, 3.63) is 95.0 Å². The number of hydrogen-bond acceptors (Lipinski definition) is 5. The van der Waals surface area contributed by atoms with Crippen LogP contribution in [0.15, 0.2) is 88.9 Å². The van der Waals surface area contributed by atoms with E-state index in [1.165, 1.54) is 4.31 Å². The van der Waals surface area contributed by atoms with Crippen molar-refractivity contribution in [3.8, 4) is 0 Å². The zero-order valence-corrected chi connectivity index (χ0v) is 22.5. The molecule has 1 aliphatic rings. The minimum absolute atomic E-state index is 0.139. The second-order valence-corrected chi connectivity index (χ2v) is 11.5. The Labute approximate surface area is 227 Å². The summed E-state index contributed by atoms with van der Waals surface area (Å²) in [5.74, 6) is -0.681. The van der Waals surface area contributed by atoms with Crippen LogP contribution in [0.1, 0.15) is 30.9 Å². The summed E-state index contributed by atoms with van der Waals surface area (Å²) in [4.78, 5) is 25.2. The molecule has 1 heterocycles. The van der Waals surface area contributed by atoms with Crippen LogP contribution in [0.25, 0.3) is 0 Å². The Kier molecular flexibility index (Phi) is 8.93. The lowest BCUT2D eigenvalue weighted by atomic mass is 9.98. The van der Waals surface area contributed by atoms with Crippen LogP contribution in [0.2, 0.25) is 5.02 Å². The lowest BCUT2D eigenvalue weighted by Crippen LogP contribution is -2.42. The molecule has 1 aliphatic heterocycles. The third kappa shape index (κ3) is 7.06. The number of nitrogens with one attached hydrogen (secondary N) is 2. The Bertz CT molecular complexity index is 1400. The number of hydrazone groups is 1. The van der Waals surface area contributed by atoms with E-state index in [2.05, 4.69) is 15.8 Å². The molecule has 8 nitrogen and oxygen atoms in total. The van der Waals surface area contributed by atoms with Crippen LogP contribution in [0.3, 0.4) is 0 Å². The van der Waals surface area contributed by atoms with E-state index in [0.717, 1.165) is 11.1 Å². The summed E-state index contributed by atoms with van der Waals surface area (Å²) in [5.41, 5.74) is 5.55. The van der Waals surface area contributed by atoms with Crippen LogP contribution < -0.4 is 10.7 Å². The minimum atomic E-state index is -3.56. The van der Waals surface area contributed by atoms with Gasteiger partial charge >= 0.3 is 0 Å². The van der Waals surface area contributed by atoms with Gasteiger partial charge in [0, 0.05) is 29.7 Å². The van der Waals surface area contributed by atoms with Crippen LogP contribution in [-0.2, 0) is 26.0 Å². The van der Waals surface area contributed by atoms with Crippen LogP contribution >= 0.6 is 11.6 Å². The van der Waals surface area contributed by atoms with Crippen molar-refractivity contribution in [1.29, 1.82) is 0 Å². The predicted octanol–water partition coefficient (Wildman–Crippen LogP) is 4.46. The number of sulfonamides is 1. The molecule has 2 amide bonds. The molecule has 0 radical (unpaired) electrons. The van der Waals surface area contributed by atoms with Crippen molar-refractivity contribution in [2.24, 2.45) is 11.0 Å². The fraction of sp³-hybridized carbons (Fsp3) is 0.250. The van der Waals surface area contributed by atoms with Gasteiger partial charge < -0.3 is 5.32 Å². The molecule has 0 bridgehead atoms. The van der Waals surface area contributed by atoms with Gasteiger partial charge in [0.1, 0.15) is 0 Å². The van der Waals surface area contributed by atoms with E-state index >= 15 is 0 Å². The number of hydrogen-bond donors (Lipinski definition) is 2. The number of carbonyl (C=O) groups is 2. The molecule has 0 atom stereocenters. The van der Waals surface area contributed by atoms with Gasteiger partial charge in [-0.1, -0.05) is 54.1 Å². The first-order valence-electron chi connectivity index (χ1n) is 12.3. The Hall–Kier alpha value is -3.53. The number of piperidine rings is 1. The molecule has 1 fully saturated rings. The maximum atomic E-state index is 12.8. The Morgan fingerprint density at radius 3 is 2.21 bits per heavy atom. The van der Waals surface area contributed by atoms with Gasteiger partial charge in [0.2, 0.25) is 21.8 Å². The SMILES string of the molecule is C/C(=N\NC(=O)C1CCN(S(=O)(=O)c2ccccc2)CC1)c1ccc(NC(=O)Cc2ccc(Cl)cc2)cc1. The highest BCUT2D eigenvalue weighted by molar-refractivity contribution is 7.89. The number of rotatable bonds is 8. The van der Waals surface area contributed by atoms with E-state index < -0.39 is 10.0 Å². The number of amides is 2. The second kappa shape index (κ2) is 12.3. The summed E-state index contributed by atoms with van der Waals surface area (Å²) >= 11 is 5.88. The topological polar surface area (TPSA) is 108 Å². The Morgan fingerprint density at radius 1 is 0.947 bits per heavy atom. The van der Waals surface area contributed by atoms with Gasteiger partial charge in [0.05, 0.1) is 17.0 Å². The molecule has 0 spiro atoms. The highest BCUT2D eigenvalue weighted by atomic mass is 35.5. The first-order valence-corrected chi connectivity index (χ1v) is 14.1. The van der Waals surface area contributed by atoms with Crippen LogP contribution in [0.4, 0.5) is 5.69 Å². The van der Waals surface area contributed by atoms with Gasteiger partial charge in [-0.15, -0.1) is 0 Å². The standard InChI is InChI=1S/C28H29ClN4O4S/c1-20(22-9-13-25(14-10-22)30-27(34)19-21-7-11-24(29)12-8-21)31-32-28(35)23-15-17-33(18-16-23)38(36,37)26-5-3-2-4-6-26/h2-14,23H,15-19H2,1H3,(H,30,34)(H,32,35)/b31-20+. The molecule has 10 heteroatoms. The average Bonchev–Trinajstić information content (AvgIpc) is 2.93. The normalized spacial score (nSPS) is 15.2. The van der Waals surface area contributed by atoms with E-state index in [0.29, 0.717) is 29.3 Å². The molecular weight excluding hydrogens is 524 g/mol. The molecule has 0 aliphatic carbocycles. The maximum Gasteiger partial charge on any atom is 0.243 e. The fourth-order valence-corrected chi connectivity index (χ4v) is 5.80. The van der Waals surface area contributed by atoms with E-state index in [1.54, 1.807) is 61.5 Å². The molecule has 3 aromatic carbocycles. The molecule has 1 saturated heterocycles. The molecule has 198 valence electrons. The van der Waals surface area contributed by atoms with Crippen LogP contribution in [0.5, 0.6) is 0 Å². The number of anilines is 1. The van der Waals surface area contributed by atoms with E-state index in [-0.39, 0.29) is 42.1 Å². The maximum absolute atomic E-state index is 12.8. The monoisotopic (exact) mass is 552 g/mol. The third-order valence-corrected chi connectivity index (χ3v) is 8.57. The number of nitrogens with zero attached hydrogens (tertiary/aromatic N) is 2. The summed E-state index contributed by atoms with van der Waals surface area (Å²) in [7, 11) is -3.56. The Balaban J connectivity index is 1.26. The predicted molar refractivity (Wildman–Crippen MR) is 149 cm³/mol. The van der Waals surface area contributed by atoms with E-state index in [9.17, 15) is 18.0 Å². The van der Waals surface area contributed by atoms with Crippen molar-refractivity contribution in [2.75, 3.05) is 18.4 Å². The van der Waals surface area contributed by atoms with Crippen molar-refractivity contribution >= 4 is 44.8 Å². The molecule has 0 saturated carbocycles. The lowest BCUT2D eigenvalue weighted by Gasteiger charge is -2.30. The van der Waals surface area contributed by atoms with Crippen molar-refractivity contribution in [1.82, 2.24) is 9.73 Å². The molecule has 0 aromatic heterocycles.